The summed E-state index contributed by atoms with van der Waals surface area (Å²) in [4.78, 5) is 23.8. The van der Waals surface area contributed by atoms with Gasteiger partial charge in [-0.25, -0.2) is 15.0 Å². The van der Waals surface area contributed by atoms with Gasteiger partial charge in [0.1, 0.15) is 12.2 Å². The molecule has 0 spiro atoms. The normalized spacial score (nSPS) is 10.4. The van der Waals surface area contributed by atoms with Crippen molar-refractivity contribution in [2.24, 2.45) is 0 Å². The number of Topliss-reactive ketones (excluding diaryl/α,β-unsaturated/α-hetero) is 1. The molecule has 17 heavy (non-hydrogen) atoms. The first-order chi connectivity index (χ1) is 8.31. The van der Waals surface area contributed by atoms with Crippen LogP contribution < -0.4 is 0 Å². The molecule has 0 fully saturated rings. The highest BCUT2D eigenvalue weighted by Gasteiger charge is 2.11. The average Bonchev–Trinajstić information content (AvgIpc) is 2.78. The smallest absolute Gasteiger partial charge is 0.173 e. The molecule has 0 radical (unpaired) electrons. The summed E-state index contributed by atoms with van der Waals surface area (Å²) in [5, 5.41) is 0. The first-order valence-corrected chi connectivity index (χ1v) is 5.59. The van der Waals surface area contributed by atoms with E-state index >= 15 is 0 Å². The number of hydrogen-bond acceptors (Lipinski definition) is 4. The summed E-state index contributed by atoms with van der Waals surface area (Å²) >= 11 is 0. The van der Waals surface area contributed by atoms with Gasteiger partial charge < -0.3 is 4.57 Å². The van der Waals surface area contributed by atoms with Crippen LogP contribution in [0.4, 0.5) is 0 Å². The molecule has 2 heterocycles. The summed E-state index contributed by atoms with van der Waals surface area (Å²) in [7, 11) is 0. The van der Waals surface area contributed by atoms with Gasteiger partial charge in [-0.15, -0.1) is 0 Å². The third-order valence-corrected chi connectivity index (χ3v) is 2.47. The lowest BCUT2D eigenvalue weighted by Crippen LogP contribution is -2.10. The minimum atomic E-state index is -0.00541. The molecule has 88 valence electrons. The van der Waals surface area contributed by atoms with E-state index in [9.17, 15) is 4.79 Å². The summed E-state index contributed by atoms with van der Waals surface area (Å²) in [5.41, 5.74) is 0.526. The van der Waals surface area contributed by atoms with Crippen LogP contribution in [-0.2, 0) is 13.0 Å². The molecule has 5 heteroatoms. The van der Waals surface area contributed by atoms with Gasteiger partial charge in [0.2, 0.25) is 0 Å². The number of aromatic nitrogens is 4. The first kappa shape index (κ1) is 11.4. The lowest BCUT2D eigenvalue weighted by Gasteiger charge is -2.05. The minimum Gasteiger partial charge on any atom is -0.335 e. The van der Waals surface area contributed by atoms with Crippen molar-refractivity contribution in [2.75, 3.05) is 0 Å². The second kappa shape index (κ2) is 5.34. The van der Waals surface area contributed by atoms with Crippen LogP contribution in [0.25, 0.3) is 0 Å². The van der Waals surface area contributed by atoms with E-state index in [2.05, 4.69) is 21.9 Å². The molecular weight excluding hydrogens is 216 g/mol. The van der Waals surface area contributed by atoms with E-state index in [1.54, 1.807) is 6.20 Å². The predicted octanol–water partition coefficient (Wildman–Crippen LogP) is 1.51. The van der Waals surface area contributed by atoms with Crippen LogP contribution in [-0.4, -0.2) is 25.3 Å². The zero-order chi connectivity index (χ0) is 12.1. The zero-order valence-corrected chi connectivity index (χ0v) is 9.71. The van der Waals surface area contributed by atoms with E-state index in [4.69, 9.17) is 0 Å². The van der Waals surface area contributed by atoms with Crippen molar-refractivity contribution in [3.8, 4) is 0 Å². The molecule has 0 amide bonds. The van der Waals surface area contributed by atoms with Crippen LogP contribution in [0.1, 0.15) is 29.5 Å². The number of hydrogen-bond donors (Lipinski definition) is 0. The second-order valence-corrected chi connectivity index (χ2v) is 3.76. The summed E-state index contributed by atoms with van der Waals surface area (Å²) in [6, 6.07) is 0. The zero-order valence-electron chi connectivity index (χ0n) is 9.71. The van der Waals surface area contributed by atoms with Crippen LogP contribution in [0.15, 0.2) is 31.1 Å². The lowest BCUT2D eigenvalue weighted by atomic mass is 10.1. The van der Waals surface area contributed by atoms with Crippen molar-refractivity contribution in [3.63, 3.8) is 0 Å². The van der Waals surface area contributed by atoms with Crippen molar-refractivity contribution in [1.29, 1.82) is 0 Å². The summed E-state index contributed by atoms with van der Waals surface area (Å²) in [6.45, 7) is 2.98. The number of carbonyl (C=O) groups is 1. The molecule has 0 bridgehead atoms. The fourth-order valence-electron chi connectivity index (χ4n) is 1.64. The maximum atomic E-state index is 11.9. The fourth-order valence-corrected chi connectivity index (χ4v) is 1.64. The summed E-state index contributed by atoms with van der Waals surface area (Å²) in [6.07, 6.45) is 9.40. The monoisotopic (exact) mass is 230 g/mol. The molecule has 0 aliphatic rings. The third-order valence-electron chi connectivity index (χ3n) is 2.47. The highest BCUT2D eigenvalue weighted by atomic mass is 16.1. The Bertz CT molecular complexity index is 492. The van der Waals surface area contributed by atoms with Crippen LogP contribution in [0.2, 0.25) is 0 Å². The predicted molar refractivity (Wildman–Crippen MR) is 62.6 cm³/mol. The second-order valence-electron chi connectivity index (χ2n) is 3.76. The first-order valence-electron chi connectivity index (χ1n) is 5.59. The summed E-state index contributed by atoms with van der Waals surface area (Å²) in [5.74, 6) is 0.787. The average molecular weight is 230 g/mol. The van der Waals surface area contributed by atoms with Crippen molar-refractivity contribution < 1.29 is 4.79 Å². The summed E-state index contributed by atoms with van der Waals surface area (Å²) < 4.78 is 2.00. The highest BCUT2D eigenvalue weighted by Crippen LogP contribution is 2.05. The lowest BCUT2D eigenvalue weighted by molar-refractivity contribution is 0.0989. The van der Waals surface area contributed by atoms with Gasteiger partial charge in [0.15, 0.2) is 5.78 Å². The largest absolute Gasteiger partial charge is 0.335 e. The number of rotatable bonds is 5. The molecule has 2 rings (SSSR count). The molecule has 2 aromatic heterocycles. The van der Waals surface area contributed by atoms with Gasteiger partial charge in [0.05, 0.1) is 12.0 Å². The van der Waals surface area contributed by atoms with Crippen LogP contribution in [0.5, 0.6) is 0 Å². The Labute approximate surface area is 99.6 Å². The Morgan fingerprint density at radius 2 is 2.12 bits per heavy atom. The number of imidazole rings is 1. The van der Waals surface area contributed by atoms with Crippen LogP contribution in [0, 0.1) is 0 Å². The van der Waals surface area contributed by atoms with Gasteiger partial charge >= 0.3 is 0 Å². The Balaban J connectivity index is 2.11. The van der Waals surface area contributed by atoms with Crippen LogP contribution >= 0.6 is 0 Å². The van der Waals surface area contributed by atoms with Gasteiger partial charge in [0, 0.05) is 31.3 Å². The minimum absolute atomic E-state index is 0.00541. The standard InChI is InChI=1S/C12H14N4O/c1-2-4-16-5-3-15-12(16)6-11(17)10-7-13-9-14-8-10/h3,5,7-9H,2,4,6H2,1H3. The van der Waals surface area contributed by atoms with Crippen molar-refractivity contribution in [1.82, 2.24) is 19.5 Å². The van der Waals surface area contributed by atoms with Crippen molar-refractivity contribution in [2.45, 2.75) is 26.3 Å². The molecule has 2 aromatic rings. The van der Waals surface area contributed by atoms with E-state index in [1.165, 1.54) is 18.7 Å². The van der Waals surface area contributed by atoms with Gasteiger partial charge in [-0.2, -0.15) is 0 Å². The maximum Gasteiger partial charge on any atom is 0.173 e. The number of aryl methyl sites for hydroxylation is 1. The van der Waals surface area contributed by atoms with Gasteiger partial charge in [-0.05, 0) is 6.42 Å². The molecule has 0 saturated heterocycles. The van der Waals surface area contributed by atoms with Gasteiger partial charge in [0.25, 0.3) is 0 Å². The van der Waals surface area contributed by atoms with Gasteiger partial charge in [-0.3, -0.25) is 4.79 Å². The molecule has 0 saturated carbocycles. The quantitative estimate of drug-likeness (QED) is 0.730. The number of ketones is 1. The van der Waals surface area contributed by atoms with E-state index in [1.807, 2.05) is 10.8 Å². The fraction of sp³-hybridized carbons (Fsp3) is 0.333. The molecule has 0 aliphatic heterocycles. The van der Waals surface area contributed by atoms with E-state index in [0.717, 1.165) is 18.8 Å². The molecular formula is C12H14N4O. The molecule has 5 nitrogen and oxygen atoms in total. The SMILES string of the molecule is CCCn1ccnc1CC(=O)c1cncnc1. The van der Waals surface area contributed by atoms with E-state index < -0.39 is 0 Å². The van der Waals surface area contributed by atoms with Gasteiger partial charge in [-0.1, -0.05) is 6.92 Å². The Kier molecular flexibility index (Phi) is 3.59. The molecule has 0 aromatic carbocycles. The number of carbonyl (C=O) groups excluding carboxylic acids is 1. The van der Waals surface area contributed by atoms with E-state index in [-0.39, 0.29) is 5.78 Å². The molecule has 0 N–H and O–H groups in total. The van der Waals surface area contributed by atoms with Crippen LogP contribution in [0.3, 0.4) is 0 Å². The Morgan fingerprint density at radius 3 is 2.82 bits per heavy atom. The van der Waals surface area contributed by atoms with E-state index in [0.29, 0.717) is 12.0 Å². The van der Waals surface area contributed by atoms with Crippen molar-refractivity contribution in [3.05, 3.63) is 42.5 Å². The highest BCUT2D eigenvalue weighted by molar-refractivity contribution is 5.96. The Morgan fingerprint density at radius 1 is 1.35 bits per heavy atom. The molecule has 0 unspecified atom stereocenters. The van der Waals surface area contributed by atoms with Crippen molar-refractivity contribution >= 4 is 5.78 Å². The molecule has 0 atom stereocenters. The number of nitrogens with zero attached hydrogens (tertiary/aromatic N) is 4. The maximum absolute atomic E-state index is 11.9. The topological polar surface area (TPSA) is 60.7 Å². The molecule has 0 aliphatic carbocycles. The Hall–Kier alpha value is -2.04. The third kappa shape index (κ3) is 2.75.